The molecule has 3 nitrogen and oxygen atoms in total. The fourth-order valence-electron chi connectivity index (χ4n) is 1.31. The number of hydrogen-bond acceptors (Lipinski definition) is 1. The zero-order chi connectivity index (χ0) is 13.2. The molecule has 94 valence electrons. The zero-order valence-electron chi connectivity index (χ0n) is 9.32. The van der Waals surface area contributed by atoms with Gasteiger partial charge in [-0.15, -0.1) is 0 Å². The highest BCUT2D eigenvalue weighted by molar-refractivity contribution is 6.36. The second-order valence-corrected chi connectivity index (χ2v) is 5.16. The van der Waals surface area contributed by atoms with E-state index >= 15 is 0 Å². The molecule has 17 heavy (non-hydrogen) atoms. The third kappa shape index (κ3) is 3.41. The molecular weight excluding hydrogens is 284 g/mol. The predicted octanol–water partition coefficient (Wildman–Crippen LogP) is 4.70. The molecule has 0 heterocycles. The van der Waals surface area contributed by atoms with Crippen LogP contribution in [-0.4, -0.2) is 16.7 Å². The van der Waals surface area contributed by atoms with Crippen LogP contribution in [0.2, 0.25) is 10.0 Å². The van der Waals surface area contributed by atoms with Gasteiger partial charge in [-0.2, -0.15) is 0 Å². The Balaban J connectivity index is 3.23. The number of alkyl halides is 1. The maximum atomic E-state index is 11.2. The average molecular weight is 297 g/mol. The quantitative estimate of drug-likeness (QED) is 0.649. The third-order valence-corrected chi connectivity index (χ3v) is 3.42. The summed E-state index contributed by atoms with van der Waals surface area (Å²) in [5, 5.41) is 9.90. The molecule has 0 fully saturated rings. The van der Waals surface area contributed by atoms with Crippen LogP contribution in [0.1, 0.15) is 13.8 Å². The van der Waals surface area contributed by atoms with Crippen molar-refractivity contribution in [2.45, 2.75) is 19.3 Å². The van der Waals surface area contributed by atoms with Gasteiger partial charge in [0.1, 0.15) is 5.50 Å². The first-order valence-electron chi connectivity index (χ1n) is 4.96. The van der Waals surface area contributed by atoms with Crippen molar-refractivity contribution in [3.63, 3.8) is 0 Å². The van der Waals surface area contributed by atoms with Gasteiger partial charge in [-0.25, -0.2) is 4.79 Å². The third-order valence-electron chi connectivity index (χ3n) is 2.17. The number of amides is 1. The van der Waals surface area contributed by atoms with Crippen molar-refractivity contribution in [2.24, 2.45) is 5.92 Å². The van der Waals surface area contributed by atoms with E-state index < -0.39 is 11.6 Å². The molecule has 1 unspecified atom stereocenters. The molecule has 0 radical (unpaired) electrons. The minimum Gasteiger partial charge on any atom is -0.465 e. The summed E-state index contributed by atoms with van der Waals surface area (Å²) < 4.78 is 0. The van der Waals surface area contributed by atoms with E-state index in [9.17, 15) is 9.90 Å². The van der Waals surface area contributed by atoms with E-state index in [2.05, 4.69) is 0 Å². The van der Waals surface area contributed by atoms with Crippen LogP contribution in [0.15, 0.2) is 18.2 Å². The van der Waals surface area contributed by atoms with Crippen LogP contribution in [0.5, 0.6) is 0 Å². The Morgan fingerprint density at radius 3 is 2.41 bits per heavy atom. The SMILES string of the molecule is CC(C)C(Cl)N(C(=O)O)c1cc(Cl)ccc1Cl. The van der Waals surface area contributed by atoms with Gasteiger partial charge >= 0.3 is 6.09 Å². The van der Waals surface area contributed by atoms with Crippen molar-refractivity contribution in [1.82, 2.24) is 0 Å². The van der Waals surface area contributed by atoms with Crippen molar-refractivity contribution in [2.75, 3.05) is 4.90 Å². The van der Waals surface area contributed by atoms with Crippen molar-refractivity contribution in [3.8, 4) is 0 Å². The number of carboxylic acid groups (broad SMARTS) is 1. The van der Waals surface area contributed by atoms with Gasteiger partial charge in [0.05, 0.1) is 10.7 Å². The highest BCUT2D eigenvalue weighted by Crippen LogP contribution is 2.32. The Hall–Kier alpha value is -0.640. The van der Waals surface area contributed by atoms with Crippen LogP contribution in [0.3, 0.4) is 0 Å². The van der Waals surface area contributed by atoms with Crippen molar-refractivity contribution in [3.05, 3.63) is 28.2 Å². The van der Waals surface area contributed by atoms with Gasteiger partial charge < -0.3 is 5.11 Å². The number of carbonyl (C=O) groups is 1. The monoisotopic (exact) mass is 295 g/mol. The molecule has 1 atom stereocenters. The standard InChI is InChI=1S/C11H12Cl3NO2/c1-6(2)10(14)15(11(16)17)9-5-7(12)3-4-8(9)13/h3-6,10H,1-2H3,(H,16,17). The smallest absolute Gasteiger partial charge is 0.413 e. The van der Waals surface area contributed by atoms with Gasteiger partial charge in [-0.1, -0.05) is 48.7 Å². The summed E-state index contributed by atoms with van der Waals surface area (Å²) in [6, 6.07) is 4.61. The minimum atomic E-state index is -1.16. The summed E-state index contributed by atoms with van der Waals surface area (Å²) >= 11 is 17.9. The number of benzene rings is 1. The molecule has 1 aromatic rings. The number of halogens is 3. The van der Waals surface area contributed by atoms with E-state index in [0.29, 0.717) is 15.7 Å². The average Bonchev–Trinajstić information content (AvgIpc) is 2.22. The molecule has 0 aliphatic carbocycles. The number of nitrogens with zero attached hydrogens (tertiary/aromatic N) is 1. The van der Waals surface area contributed by atoms with E-state index in [1.165, 1.54) is 6.07 Å². The van der Waals surface area contributed by atoms with Crippen LogP contribution in [0.25, 0.3) is 0 Å². The van der Waals surface area contributed by atoms with Gasteiger partial charge in [0.15, 0.2) is 0 Å². The molecule has 1 aromatic carbocycles. The fourth-order valence-corrected chi connectivity index (χ4v) is 1.87. The predicted molar refractivity (Wildman–Crippen MR) is 71.4 cm³/mol. The van der Waals surface area contributed by atoms with Crippen LogP contribution >= 0.6 is 34.8 Å². The van der Waals surface area contributed by atoms with Crippen LogP contribution < -0.4 is 4.90 Å². The lowest BCUT2D eigenvalue weighted by atomic mass is 10.2. The van der Waals surface area contributed by atoms with Gasteiger partial charge in [0, 0.05) is 5.02 Å². The molecular formula is C11H12Cl3NO2. The van der Waals surface area contributed by atoms with Crippen molar-refractivity contribution >= 4 is 46.6 Å². The summed E-state index contributed by atoms with van der Waals surface area (Å²) in [6.07, 6.45) is -1.16. The van der Waals surface area contributed by atoms with Crippen LogP contribution in [0, 0.1) is 5.92 Å². The Morgan fingerprint density at radius 1 is 1.35 bits per heavy atom. The number of rotatable bonds is 3. The van der Waals surface area contributed by atoms with E-state index in [1.54, 1.807) is 12.1 Å². The Labute approximate surface area is 115 Å². The van der Waals surface area contributed by atoms with Crippen LogP contribution in [-0.2, 0) is 0 Å². The summed E-state index contributed by atoms with van der Waals surface area (Å²) in [7, 11) is 0. The lowest BCUT2D eigenvalue weighted by Crippen LogP contribution is -2.39. The second-order valence-electron chi connectivity index (χ2n) is 3.86. The Morgan fingerprint density at radius 2 is 1.94 bits per heavy atom. The molecule has 0 aromatic heterocycles. The highest BCUT2D eigenvalue weighted by Gasteiger charge is 2.27. The largest absolute Gasteiger partial charge is 0.465 e. The molecule has 0 saturated carbocycles. The molecule has 0 aliphatic heterocycles. The molecule has 0 saturated heterocycles. The van der Waals surface area contributed by atoms with E-state index in [4.69, 9.17) is 34.8 Å². The first-order chi connectivity index (χ1) is 7.84. The second kappa shape index (κ2) is 5.80. The molecule has 0 aliphatic rings. The maximum absolute atomic E-state index is 11.2. The van der Waals surface area contributed by atoms with Crippen LogP contribution in [0.4, 0.5) is 10.5 Å². The number of hydrogen-bond donors (Lipinski definition) is 1. The van der Waals surface area contributed by atoms with E-state index in [1.807, 2.05) is 13.8 Å². The zero-order valence-corrected chi connectivity index (χ0v) is 11.6. The summed E-state index contributed by atoms with van der Waals surface area (Å²) in [4.78, 5) is 12.3. The molecule has 1 rings (SSSR count). The summed E-state index contributed by atoms with van der Waals surface area (Å²) in [6.45, 7) is 3.65. The first kappa shape index (κ1) is 14.4. The Kier molecular flexibility index (Phi) is 4.92. The topological polar surface area (TPSA) is 40.5 Å². The molecule has 0 bridgehead atoms. The van der Waals surface area contributed by atoms with Gasteiger partial charge in [-0.3, -0.25) is 4.90 Å². The van der Waals surface area contributed by atoms with Gasteiger partial charge in [0.2, 0.25) is 0 Å². The maximum Gasteiger partial charge on any atom is 0.413 e. The molecule has 1 N–H and O–H groups in total. The normalized spacial score (nSPS) is 12.6. The molecule has 0 spiro atoms. The van der Waals surface area contributed by atoms with Crippen molar-refractivity contribution in [1.29, 1.82) is 0 Å². The van der Waals surface area contributed by atoms with E-state index in [-0.39, 0.29) is 5.92 Å². The van der Waals surface area contributed by atoms with E-state index in [0.717, 1.165) is 4.90 Å². The summed E-state index contributed by atoms with van der Waals surface area (Å²) in [5.41, 5.74) is -0.413. The molecule has 6 heteroatoms. The molecule has 1 amide bonds. The lowest BCUT2D eigenvalue weighted by Gasteiger charge is -2.28. The fraction of sp³-hybridized carbons (Fsp3) is 0.364. The highest BCUT2D eigenvalue weighted by atomic mass is 35.5. The number of anilines is 1. The summed E-state index contributed by atoms with van der Waals surface area (Å²) in [5.74, 6) is -0.0529. The lowest BCUT2D eigenvalue weighted by molar-refractivity contribution is 0.199. The Bertz CT molecular complexity index is 423. The van der Waals surface area contributed by atoms with Gasteiger partial charge in [0.25, 0.3) is 0 Å². The minimum absolute atomic E-state index is 0.0529. The van der Waals surface area contributed by atoms with Crippen molar-refractivity contribution < 1.29 is 9.90 Å². The first-order valence-corrected chi connectivity index (χ1v) is 6.15. The van der Waals surface area contributed by atoms with Gasteiger partial charge in [-0.05, 0) is 24.1 Å².